The largest absolute Gasteiger partial charge is 0.329 e. The lowest BCUT2D eigenvalue weighted by Gasteiger charge is -2.37. The van der Waals surface area contributed by atoms with E-state index in [1.165, 1.54) is 0 Å². The molecule has 0 aliphatic carbocycles. The van der Waals surface area contributed by atoms with Crippen LogP contribution in [0.4, 0.5) is 0 Å². The third-order valence-electron chi connectivity index (χ3n) is 3.95. The summed E-state index contributed by atoms with van der Waals surface area (Å²) in [6, 6.07) is 2.31. The summed E-state index contributed by atoms with van der Waals surface area (Å²) < 4.78 is 2.78. The molecule has 1 aliphatic heterocycles. The molecule has 1 saturated heterocycles. The van der Waals surface area contributed by atoms with Crippen LogP contribution in [0.1, 0.15) is 0 Å². The van der Waals surface area contributed by atoms with Crippen molar-refractivity contribution in [2.45, 2.75) is 12.6 Å². The van der Waals surface area contributed by atoms with Crippen LogP contribution in [0.25, 0.3) is 11.2 Å². The van der Waals surface area contributed by atoms with E-state index in [0.29, 0.717) is 15.8 Å². The monoisotopic (exact) mass is 311 g/mol. The zero-order valence-corrected chi connectivity index (χ0v) is 13.2. The van der Waals surface area contributed by atoms with E-state index >= 15 is 0 Å². The molecule has 0 saturated carbocycles. The Labute approximate surface area is 128 Å². The Hall–Kier alpha value is -0.950. The van der Waals surface area contributed by atoms with Gasteiger partial charge in [-0.15, -0.1) is 0 Å². The van der Waals surface area contributed by atoms with E-state index in [2.05, 4.69) is 38.4 Å². The number of hydrogen-bond donors (Lipinski definition) is 1. The summed E-state index contributed by atoms with van der Waals surface area (Å²) in [6.07, 6.45) is 1.67. The lowest BCUT2D eigenvalue weighted by molar-refractivity contribution is 0.103. The normalized spacial score (nSPS) is 21.6. The number of imidazole rings is 1. The predicted molar refractivity (Wildman–Crippen MR) is 83.8 cm³/mol. The molecule has 1 aliphatic rings. The van der Waals surface area contributed by atoms with Gasteiger partial charge in [-0.2, -0.15) is 0 Å². The fraction of sp³-hybridized carbons (Fsp3) is 0.538. The van der Waals surface area contributed by atoms with Gasteiger partial charge in [0, 0.05) is 38.4 Å². The van der Waals surface area contributed by atoms with E-state index < -0.39 is 0 Å². The third kappa shape index (κ3) is 2.61. The van der Waals surface area contributed by atoms with Gasteiger partial charge in [-0.1, -0.05) is 11.6 Å². The zero-order valence-electron chi connectivity index (χ0n) is 11.6. The highest BCUT2D eigenvalue weighted by atomic mass is 35.5. The van der Waals surface area contributed by atoms with E-state index in [4.69, 9.17) is 23.8 Å². The van der Waals surface area contributed by atoms with Crippen molar-refractivity contribution in [3.63, 3.8) is 0 Å². The van der Waals surface area contributed by atoms with E-state index in [-0.39, 0.29) is 0 Å². The Bertz CT molecular complexity index is 679. The molecule has 1 unspecified atom stereocenters. The van der Waals surface area contributed by atoms with Crippen molar-refractivity contribution in [2.24, 2.45) is 0 Å². The molecule has 0 spiro atoms. The first-order valence-electron chi connectivity index (χ1n) is 6.67. The van der Waals surface area contributed by atoms with Crippen molar-refractivity contribution >= 4 is 35.0 Å². The minimum atomic E-state index is 0.442. The number of H-pyrrole nitrogens is 1. The molecule has 1 N–H and O–H groups in total. The second-order valence-corrected chi connectivity index (χ2v) is 6.29. The van der Waals surface area contributed by atoms with Crippen molar-refractivity contribution in [3.8, 4) is 0 Å². The molecule has 1 atom stereocenters. The molecule has 2 aromatic rings. The summed E-state index contributed by atoms with van der Waals surface area (Å²) >= 11 is 11.4. The standard InChI is InChI=1S/C13H18ClN5S/c1-17-3-4-18(2)10(7-17)8-19-12-11(16-13(19)20)5-9(14)6-15-12/h5-6,10H,3-4,7-8H2,1-2H3,(H,16,20). The Kier molecular flexibility index (Phi) is 3.81. The van der Waals surface area contributed by atoms with Gasteiger partial charge in [-0.05, 0) is 32.4 Å². The first kappa shape index (κ1) is 14.0. The van der Waals surface area contributed by atoms with E-state index in [9.17, 15) is 0 Å². The van der Waals surface area contributed by atoms with Gasteiger partial charge in [0.1, 0.15) is 0 Å². The number of nitrogens with zero attached hydrogens (tertiary/aromatic N) is 4. The van der Waals surface area contributed by atoms with Gasteiger partial charge in [-0.25, -0.2) is 4.98 Å². The number of pyridine rings is 1. The molecule has 5 nitrogen and oxygen atoms in total. The van der Waals surface area contributed by atoms with E-state index in [0.717, 1.165) is 37.3 Å². The fourth-order valence-corrected chi connectivity index (χ4v) is 3.13. The Balaban J connectivity index is 1.94. The van der Waals surface area contributed by atoms with Crippen LogP contribution in [0.5, 0.6) is 0 Å². The topological polar surface area (TPSA) is 40.1 Å². The first-order valence-corrected chi connectivity index (χ1v) is 7.46. The highest BCUT2D eigenvalue weighted by molar-refractivity contribution is 7.71. The molecule has 7 heteroatoms. The van der Waals surface area contributed by atoms with Crippen LogP contribution in [0.2, 0.25) is 5.02 Å². The van der Waals surface area contributed by atoms with Crippen molar-refractivity contribution in [1.29, 1.82) is 0 Å². The SMILES string of the molecule is CN1CCN(C)C(Cn2c(=S)[nH]c3cc(Cl)cnc32)C1. The lowest BCUT2D eigenvalue weighted by atomic mass is 10.2. The molecule has 2 aromatic heterocycles. The molecule has 108 valence electrons. The maximum Gasteiger partial charge on any atom is 0.179 e. The average molecular weight is 312 g/mol. The number of aromatic nitrogens is 3. The first-order chi connectivity index (χ1) is 9.54. The maximum atomic E-state index is 5.97. The number of halogens is 1. The second kappa shape index (κ2) is 5.44. The number of fused-ring (bicyclic) bond motifs is 1. The number of hydrogen-bond acceptors (Lipinski definition) is 4. The number of likely N-dealkylation sites (N-methyl/N-ethyl adjacent to an activating group) is 2. The Morgan fingerprint density at radius 2 is 2.25 bits per heavy atom. The van der Waals surface area contributed by atoms with E-state index in [1.54, 1.807) is 6.20 Å². The molecule has 3 heterocycles. The summed E-state index contributed by atoms with van der Waals surface area (Å²) in [5, 5.41) is 0.621. The van der Waals surface area contributed by atoms with Crippen molar-refractivity contribution in [2.75, 3.05) is 33.7 Å². The van der Waals surface area contributed by atoms with Crippen LogP contribution in [-0.2, 0) is 6.54 Å². The summed E-state index contributed by atoms with van der Waals surface area (Å²) in [5.41, 5.74) is 1.77. The van der Waals surface area contributed by atoms with Crippen LogP contribution in [0.15, 0.2) is 12.3 Å². The molecule has 3 rings (SSSR count). The van der Waals surface area contributed by atoms with Crippen LogP contribution in [0, 0.1) is 4.77 Å². The average Bonchev–Trinajstić information content (AvgIpc) is 2.69. The number of piperazine rings is 1. The Morgan fingerprint density at radius 1 is 1.45 bits per heavy atom. The van der Waals surface area contributed by atoms with Crippen molar-refractivity contribution < 1.29 is 0 Å². The summed E-state index contributed by atoms with van der Waals surface area (Å²) in [5.74, 6) is 0. The van der Waals surface area contributed by atoms with Gasteiger partial charge < -0.3 is 9.88 Å². The molecule has 0 amide bonds. The lowest BCUT2D eigenvalue weighted by Crippen LogP contribution is -2.51. The van der Waals surface area contributed by atoms with Crippen LogP contribution in [0.3, 0.4) is 0 Å². The second-order valence-electron chi connectivity index (χ2n) is 5.46. The van der Waals surface area contributed by atoms with Crippen LogP contribution >= 0.6 is 23.8 Å². The summed E-state index contributed by atoms with van der Waals surface area (Å²) in [7, 11) is 4.33. The quantitative estimate of drug-likeness (QED) is 0.861. The molecular formula is C13H18ClN5S. The van der Waals surface area contributed by atoms with Crippen molar-refractivity contribution in [1.82, 2.24) is 24.3 Å². The smallest absolute Gasteiger partial charge is 0.179 e. The highest BCUT2D eigenvalue weighted by Gasteiger charge is 2.23. The van der Waals surface area contributed by atoms with Crippen LogP contribution in [-0.4, -0.2) is 64.1 Å². The van der Waals surface area contributed by atoms with Gasteiger partial charge in [0.25, 0.3) is 0 Å². The number of rotatable bonds is 2. The summed E-state index contributed by atoms with van der Waals surface area (Å²) in [6.45, 7) is 4.07. The maximum absolute atomic E-state index is 5.97. The molecule has 0 bridgehead atoms. The van der Waals surface area contributed by atoms with Gasteiger partial charge in [0.15, 0.2) is 10.4 Å². The summed E-state index contributed by atoms with van der Waals surface area (Å²) in [4.78, 5) is 12.3. The molecular weight excluding hydrogens is 294 g/mol. The highest BCUT2D eigenvalue weighted by Crippen LogP contribution is 2.18. The fourth-order valence-electron chi connectivity index (χ4n) is 2.70. The van der Waals surface area contributed by atoms with Crippen LogP contribution < -0.4 is 0 Å². The van der Waals surface area contributed by atoms with Gasteiger partial charge in [-0.3, -0.25) is 9.47 Å². The van der Waals surface area contributed by atoms with Gasteiger partial charge in [0.2, 0.25) is 0 Å². The van der Waals surface area contributed by atoms with E-state index in [1.807, 2.05) is 6.07 Å². The van der Waals surface area contributed by atoms with Gasteiger partial charge in [0.05, 0.1) is 10.5 Å². The molecule has 20 heavy (non-hydrogen) atoms. The zero-order chi connectivity index (χ0) is 14.3. The van der Waals surface area contributed by atoms with Gasteiger partial charge >= 0.3 is 0 Å². The Morgan fingerprint density at radius 3 is 3.05 bits per heavy atom. The van der Waals surface area contributed by atoms with Crippen molar-refractivity contribution in [3.05, 3.63) is 22.1 Å². The number of nitrogens with one attached hydrogen (secondary N) is 1. The third-order valence-corrected chi connectivity index (χ3v) is 4.48. The molecule has 0 radical (unpaired) electrons. The minimum Gasteiger partial charge on any atom is -0.329 e. The number of aromatic amines is 1. The predicted octanol–water partition coefficient (Wildman–Crippen LogP) is 1.99. The minimum absolute atomic E-state index is 0.442. The molecule has 0 aromatic carbocycles. The molecule has 1 fully saturated rings.